The molecule has 1 heterocycles. The third-order valence-corrected chi connectivity index (χ3v) is 7.80. The van der Waals surface area contributed by atoms with Crippen LogP contribution in [0.1, 0.15) is 31.9 Å². The molecule has 1 amide bonds. The molecule has 0 saturated carbocycles. The zero-order valence-electron chi connectivity index (χ0n) is 16.5. The first-order valence-corrected chi connectivity index (χ1v) is 11.7. The highest BCUT2D eigenvalue weighted by atomic mass is 32.2. The minimum atomic E-state index is -3.79. The summed E-state index contributed by atoms with van der Waals surface area (Å²) in [7, 11) is -3.79. The van der Waals surface area contributed by atoms with Gasteiger partial charge < -0.3 is 5.32 Å². The van der Waals surface area contributed by atoms with Gasteiger partial charge in [-0.15, -0.1) is 11.8 Å². The van der Waals surface area contributed by atoms with E-state index in [0.29, 0.717) is 17.0 Å². The maximum Gasteiger partial charge on any atom is 0.244 e. The van der Waals surface area contributed by atoms with Gasteiger partial charge in [0.05, 0.1) is 22.4 Å². The van der Waals surface area contributed by atoms with Crippen LogP contribution in [-0.2, 0) is 20.2 Å². The van der Waals surface area contributed by atoms with Crippen molar-refractivity contribution in [1.29, 1.82) is 5.26 Å². The topological polar surface area (TPSA) is 90.3 Å². The monoisotopic (exact) mass is 429 g/mol. The van der Waals surface area contributed by atoms with E-state index in [9.17, 15) is 13.2 Å². The molecule has 0 unspecified atom stereocenters. The second-order valence-electron chi connectivity index (χ2n) is 7.86. The van der Waals surface area contributed by atoms with Crippen LogP contribution in [0, 0.1) is 11.3 Å². The molecule has 1 fully saturated rings. The third-order valence-electron chi connectivity index (χ3n) is 4.75. The van der Waals surface area contributed by atoms with E-state index in [1.807, 2.05) is 18.2 Å². The third kappa shape index (κ3) is 4.64. The van der Waals surface area contributed by atoms with Gasteiger partial charge in [-0.05, 0) is 47.4 Å². The van der Waals surface area contributed by atoms with Crippen molar-refractivity contribution in [3.63, 3.8) is 0 Å². The molecular formula is C21H23N3O3S2. The summed E-state index contributed by atoms with van der Waals surface area (Å²) < 4.78 is 27.5. The molecule has 2 aromatic carbocycles. The number of nitriles is 1. The molecule has 3 rings (SSSR count). The molecule has 2 aromatic rings. The van der Waals surface area contributed by atoms with Crippen LogP contribution in [0.2, 0.25) is 0 Å². The van der Waals surface area contributed by atoms with Crippen molar-refractivity contribution < 1.29 is 13.2 Å². The predicted molar refractivity (Wildman–Crippen MR) is 115 cm³/mol. The van der Waals surface area contributed by atoms with Crippen LogP contribution < -0.4 is 5.32 Å². The minimum Gasteiger partial charge on any atom is -0.325 e. The highest BCUT2D eigenvalue weighted by Gasteiger charge is 2.40. The van der Waals surface area contributed by atoms with Crippen molar-refractivity contribution in [2.75, 3.05) is 16.9 Å². The summed E-state index contributed by atoms with van der Waals surface area (Å²) in [4.78, 5) is 12.9. The van der Waals surface area contributed by atoms with Gasteiger partial charge in [-0.3, -0.25) is 4.79 Å². The van der Waals surface area contributed by atoms with Crippen LogP contribution in [0.5, 0.6) is 0 Å². The van der Waals surface area contributed by atoms with Gasteiger partial charge >= 0.3 is 0 Å². The molecule has 8 heteroatoms. The average molecular weight is 430 g/mol. The summed E-state index contributed by atoms with van der Waals surface area (Å²) in [6.07, 6.45) is 0. The molecule has 29 heavy (non-hydrogen) atoms. The fourth-order valence-electron chi connectivity index (χ4n) is 2.99. The molecule has 0 bridgehead atoms. The number of benzene rings is 2. The van der Waals surface area contributed by atoms with Crippen LogP contribution in [-0.4, -0.2) is 36.3 Å². The van der Waals surface area contributed by atoms with Crippen molar-refractivity contribution in [1.82, 2.24) is 4.31 Å². The van der Waals surface area contributed by atoms with Crippen LogP contribution in [0.25, 0.3) is 0 Å². The number of hydrogen-bond donors (Lipinski definition) is 1. The van der Waals surface area contributed by atoms with Crippen LogP contribution in [0.3, 0.4) is 0 Å². The molecule has 0 aromatic heterocycles. The van der Waals surface area contributed by atoms with E-state index in [1.165, 1.54) is 16.1 Å². The van der Waals surface area contributed by atoms with Crippen molar-refractivity contribution in [3.05, 3.63) is 59.7 Å². The Labute approximate surface area is 176 Å². The first-order chi connectivity index (χ1) is 13.6. The summed E-state index contributed by atoms with van der Waals surface area (Å²) in [5.74, 6) is 0.241. The summed E-state index contributed by atoms with van der Waals surface area (Å²) in [5, 5.41) is 11.6. The summed E-state index contributed by atoms with van der Waals surface area (Å²) in [5.41, 5.74) is 1.98. The van der Waals surface area contributed by atoms with E-state index in [4.69, 9.17) is 5.26 Å². The van der Waals surface area contributed by atoms with Crippen molar-refractivity contribution in [3.8, 4) is 6.07 Å². The zero-order chi connectivity index (χ0) is 21.2. The minimum absolute atomic E-state index is 0.0741. The number of amides is 1. The smallest absolute Gasteiger partial charge is 0.244 e. The Bertz CT molecular complexity index is 1030. The Morgan fingerprint density at radius 3 is 2.31 bits per heavy atom. The quantitative estimate of drug-likeness (QED) is 0.803. The molecule has 1 aliphatic rings. The van der Waals surface area contributed by atoms with E-state index in [1.54, 1.807) is 36.4 Å². The first-order valence-electron chi connectivity index (χ1n) is 9.14. The van der Waals surface area contributed by atoms with E-state index < -0.39 is 16.1 Å². The number of nitrogens with zero attached hydrogens (tertiary/aromatic N) is 2. The lowest BCUT2D eigenvalue weighted by Gasteiger charge is -2.23. The van der Waals surface area contributed by atoms with Gasteiger partial charge in [0.1, 0.15) is 6.04 Å². The fourth-order valence-corrected chi connectivity index (χ4v) is 6.14. The second kappa shape index (κ2) is 8.19. The number of thioether (sulfide) groups is 1. The Balaban J connectivity index is 1.79. The van der Waals surface area contributed by atoms with Gasteiger partial charge in [0.15, 0.2) is 0 Å². The number of rotatable bonds is 4. The molecule has 0 radical (unpaired) electrons. The van der Waals surface area contributed by atoms with Gasteiger partial charge in [0.2, 0.25) is 15.9 Å². The average Bonchev–Trinajstić information content (AvgIpc) is 3.19. The molecule has 1 aliphatic heterocycles. The standard InChI is InChI=1S/C21H23N3O3S2/c1-21(2,3)16-6-10-18(11-7-16)29(26,27)24-14-28-13-19(24)20(25)23-17-8-4-15(12-22)5-9-17/h4-11,19H,13-14H2,1-3H3,(H,23,25)/t19-/m0/s1. The van der Waals surface area contributed by atoms with E-state index in [-0.39, 0.29) is 22.1 Å². The molecular weight excluding hydrogens is 406 g/mol. The molecule has 0 aliphatic carbocycles. The zero-order valence-corrected chi connectivity index (χ0v) is 18.2. The lowest BCUT2D eigenvalue weighted by atomic mass is 9.87. The number of carbonyl (C=O) groups excluding carboxylic acids is 1. The van der Waals surface area contributed by atoms with Gasteiger partial charge in [-0.2, -0.15) is 9.57 Å². The summed E-state index contributed by atoms with van der Waals surface area (Å²) in [6.45, 7) is 6.20. The van der Waals surface area contributed by atoms with Gasteiger partial charge in [0, 0.05) is 11.4 Å². The Kier molecular flexibility index (Phi) is 6.03. The maximum absolute atomic E-state index is 13.1. The van der Waals surface area contributed by atoms with Gasteiger partial charge in [-0.25, -0.2) is 8.42 Å². The summed E-state index contributed by atoms with van der Waals surface area (Å²) in [6, 6.07) is 14.5. The highest BCUT2D eigenvalue weighted by Crippen LogP contribution is 2.30. The maximum atomic E-state index is 13.1. The van der Waals surface area contributed by atoms with Gasteiger partial charge in [-0.1, -0.05) is 32.9 Å². The van der Waals surface area contributed by atoms with Crippen molar-refractivity contribution in [2.45, 2.75) is 37.1 Å². The van der Waals surface area contributed by atoms with Crippen molar-refractivity contribution in [2.24, 2.45) is 0 Å². The Morgan fingerprint density at radius 1 is 1.14 bits per heavy atom. The molecule has 6 nitrogen and oxygen atoms in total. The fraction of sp³-hybridized carbons (Fsp3) is 0.333. The van der Waals surface area contributed by atoms with Crippen molar-refractivity contribution >= 4 is 33.4 Å². The highest BCUT2D eigenvalue weighted by molar-refractivity contribution is 8.00. The molecule has 0 spiro atoms. The lowest BCUT2D eigenvalue weighted by Crippen LogP contribution is -2.44. The molecule has 152 valence electrons. The number of carbonyl (C=O) groups is 1. The second-order valence-corrected chi connectivity index (χ2v) is 10.8. The number of sulfonamides is 1. The summed E-state index contributed by atoms with van der Waals surface area (Å²) >= 11 is 1.41. The molecule has 1 saturated heterocycles. The Hall–Kier alpha value is -2.34. The molecule has 1 N–H and O–H groups in total. The first kappa shape index (κ1) is 21.4. The van der Waals surface area contributed by atoms with Gasteiger partial charge in [0.25, 0.3) is 0 Å². The largest absolute Gasteiger partial charge is 0.325 e. The Morgan fingerprint density at radius 2 is 1.76 bits per heavy atom. The predicted octanol–water partition coefficient (Wildman–Crippen LogP) is 3.56. The van der Waals surface area contributed by atoms with E-state index in [0.717, 1.165) is 5.56 Å². The SMILES string of the molecule is CC(C)(C)c1ccc(S(=O)(=O)N2CSC[C@H]2C(=O)Nc2ccc(C#N)cc2)cc1. The number of anilines is 1. The van der Waals surface area contributed by atoms with Crippen LogP contribution >= 0.6 is 11.8 Å². The van der Waals surface area contributed by atoms with E-state index in [2.05, 4.69) is 26.1 Å². The normalized spacial score (nSPS) is 17.7. The van der Waals surface area contributed by atoms with Crippen LogP contribution in [0.15, 0.2) is 53.4 Å². The number of nitrogens with one attached hydrogen (secondary N) is 1. The van der Waals surface area contributed by atoms with E-state index >= 15 is 0 Å². The number of hydrogen-bond acceptors (Lipinski definition) is 5. The van der Waals surface area contributed by atoms with Crippen LogP contribution in [0.4, 0.5) is 5.69 Å². The lowest BCUT2D eigenvalue weighted by molar-refractivity contribution is -0.118. The molecule has 1 atom stereocenters.